The van der Waals surface area contributed by atoms with Crippen LogP contribution in [0.2, 0.25) is 0 Å². The minimum absolute atomic E-state index is 0.0446. The Hall–Kier alpha value is -2.08. The fourth-order valence-electron chi connectivity index (χ4n) is 4.39. The number of hydrogen-bond donors (Lipinski definition) is 2. The maximum atomic E-state index is 12.4. The van der Waals surface area contributed by atoms with Crippen molar-refractivity contribution in [3.05, 3.63) is 24.3 Å². The highest BCUT2D eigenvalue weighted by atomic mass is 16.2. The van der Waals surface area contributed by atoms with Crippen molar-refractivity contribution in [3.8, 4) is 0 Å². The molecule has 146 valence electrons. The molecule has 1 atom stereocenters. The Morgan fingerprint density at radius 3 is 2.67 bits per heavy atom. The molecule has 1 aliphatic carbocycles. The molecule has 6 heteroatoms. The normalized spacial score (nSPS) is 23.7. The quantitative estimate of drug-likeness (QED) is 0.806. The van der Waals surface area contributed by atoms with Gasteiger partial charge in [0.25, 0.3) is 0 Å². The highest BCUT2D eigenvalue weighted by molar-refractivity contribution is 6.05. The van der Waals surface area contributed by atoms with Gasteiger partial charge in [0.15, 0.2) is 0 Å². The van der Waals surface area contributed by atoms with E-state index in [4.69, 9.17) is 0 Å². The summed E-state index contributed by atoms with van der Waals surface area (Å²) in [7, 11) is 1.88. The molecular weight excluding hydrogens is 340 g/mol. The number of fused-ring (bicyclic) bond motifs is 1. The topological polar surface area (TPSA) is 64.7 Å². The largest absolute Gasteiger partial charge is 0.361 e. The Bertz CT molecular complexity index is 695. The lowest BCUT2D eigenvalue weighted by atomic mass is 9.93. The average Bonchev–Trinajstić information content (AvgIpc) is 3.51. The number of anilines is 2. The Morgan fingerprint density at radius 1 is 1.19 bits per heavy atom. The first-order valence-corrected chi connectivity index (χ1v) is 10.3. The maximum Gasteiger partial charge on any atom is 0.247 e. The van der Waals surface area contributed by atoms with Crippen LogP contribution in [-0.2, 0) is 9.59 Å². The highest BCUT2D eigenvalue weighted by Crippen LogP contribution is 2.32. The van der Waals surface area contributed by atoms with Gasteiger partial charge in [-0.2, -0.15) is 0 Å². The van der Waals surface area contributed by atoms with Crippen molar-refractivity contribution in [1.82, 2.24) is 10.2 Å². The van der Waals surface area contributed by atoms with E-state index >= 15 is 0 Å². The van der Waals surface area contributed by atoms with E-state index in [1.807, 2.05) is 36.2 Å². The van der Waals surface area contributed by atoms with Gasteiger partial charge in [0.2, 0.25) is 11.8 Å². The number of piperidine rings is 1. The molecule has 4 rings (SSSR count). The van der Waals surface area contributed by atoms with E-state index in [9.17, 15) is 9.59 Å². The lowest BCUT2D eigenvalue weighted by Gasteiger charge is -2.35. The molecule has 2 fully saturated rings. The van der Waals surface area contributed by atoms with E-state index in [0.717, 1.165) is 23.8 Å². The van der Waals surface area contributed by atoms with Gasteiger partial charge in [-0.25, -0.2) is 0 Å². The van der Waals surface area contributed by atoms with E-state index in [1.165, 1.54) is 38.8 Å². The highest BCUT2D eigenvalue weighted by Gasteiger charge is 2.33. The van der Waals surface area contributed by atoms with Crippen LogP contribution in [0.25, 0.3) is 0 Å². The number of likely N-dealkylation sites (N-methyl/N-ethyl adjacent to an activating group) is 1. The molecule has 1 aromatic carbocycles. The number of rotatable bonds is 6. The Kier molecular flexibility index (Phi) is 5.34. The SMILES string of the molecule is CN1c2ccccc2NC(=O)C1CC(=O)NCCC1CCN(C2CC2)CC1. The van der Waals surface area contributed by atoms with Crippen molar-refractivity contribution in [2.24, 2.45) is 5.92 Å². The van der Waals surface area contributed by atoms with Crippen molar-refractivity contribution >= 4 is 23.2 Å². The molecule has 2 heterocycles. The van der Waals surface area contributed by atoms with Crippen molar-refractivity contribution in [2.45, 2.75) is 50.6 Å². The van der Waals surface area contributed by atoms with E-state index < -0.39 is 6.04 Å². The molecule has 2 aliphatic heterocycles. The molecule has 0 radical (unpaired) electrons. The second-order valence-corrected chi connectivity index (χ2v) is 8.19. The first kappa shape index (κ1) is 18.3. The summed E-state index contributed by atoms with van der Waals surface area (Å²) in [5.74, 6) is 0.559. The van der Waals surface area contributed by atoms with Gasteiger partial charge in [-0.3, -0.25) is 9.59 Å². The molecule has 0 aromatic heterocycles. The van der Waals surface area contributed by atoms with Crippen molar-refractivity contribution in [1.29, 1.82) is 0 Å². The molecule has 1 aromatic rings. The summed E-state index contributed by atoms with van der Waals surface area (Å²) < 4.78 is 0. The molecular formula is C21H30N4O2. The van der Waals surface area contributed by atoms with Crippen LogP contribution in [-0.4, -0.2) is 55.5 Å². The smallest absolute Gasteiger partial charge is 0.247 e. The van der Waals surface area contributed by atoms with Crippen LogP contribution in [0.4, 0.5) is 11.4 Å². The van der Waals surface area contributed by atoms with Gasteiger partial charge in [-0.05, 0) is 63.2 Å². The molecule has 2 amide bonds. The molecule has 0 bridgehead atoms. The summed E-state index contributed by atoms with van der Waals surface area (Å²) in [5.41, 5.74) is 1.76. The summed E-state index contributed by atoms with van der Waals surface area (Å²) in [5, 5.41) is 5.94. The van der Waals surface area contributed by atoms with Gasteiger partial charge in [0.1, 0.15) is 6.04 Å². The van der Waals surface area contributed by atoms with E-state index in [-0.39, 0.29) is 18.2 Å². The van der Waals surface area contributed by atoms with Gasteiger partial charge in [0.05, 0.1) is 17.8 Å². The number of likely N-dealkylation sites (tertiary alicyclic amines) is 1. The molecule has 27 heavy (non-hydrogen) atoms. The van der Waals surface area contributed by atoms with Crippen LogP contribution in [0.5, 0.6) is 0 Å². The zero-order chi connectivity index (χ0) is 18.8. The first-order valence-electron chi connectivity index (χ1n) is 10.3. The number of carbonyl (C=O) groups is 2. The van der Waals surface area contributed by atoms with E-state index in [0.29, 0.717) is 12.5 Å². The van der Waals surface area contributed by atoms with Crippen molar-refractivity contribution in [2.75, 3.05) is 36.9 Å². The van der Waals surface area contributed by atoms with E-state index in [1.54, 1.807) is 0 Å². The summed E-state index contributed by atoms with van der Waals surface area (Å²) in [6, 6.07) is 8.10. The van der Waals surface area contributed by atoms with Gasteiger partial charge < -0.3 is 20.4 Å². The Labute approximate surface area is 161 Å². The van der Waals surface area contributed by atoms with Crippen LogP contribution < -0.4 is 15.5 Å². The number of benzene rings is 1. The lowest BCUT2D eigenvalue weighted by Crippen LogP contribution is -2.48. The predicted octanol–water partition coefficient (Wildman–Crippen LogP) is 2.21. The van der Waals surface area contributed by atoms with E-state index in [2.05, 4.69) is 15.5 Å². The predicted molar refractivity (Wildman–Crippen MR) is 107 cm³/mol. The third-order valence-corrected chi connectivity index (χ3v) is 6.28. The molecule has 1 saturated carbocycles. The minimum atomic E-state index is -0.457. The Balaban J connectivity index is 1.21. The second kappa shape index (κ2) is 7.89. The summed E-state index contributed by atoms with van der Waals surface area (Å²) in [6.45, 7) is 3.15. The van der Waals surface area contributed by atoms with Crippen molar-refractivity contribution in [3.63, 3.8) is 0 Å². The number of amides is 2. The van der Waals surface area contributed by atoms with Crippen molar-refractivity contribution < 1.29 is 9.59 Å². The number of nitrogens with zero attached hydrogens (tertiary/aromatic N) is 2. The van der Waals surface area contributed by atoms with Crippen LogP contribution in [0.3, 0.4) is 0 Å². The number of nitrogens with one attached hydrogen (secondary N) is 2. The lowest BCUT2D eigenvalue weighted by molar-refractivity contribution is -0.125. The van der Waals surface area contributed by atoms with Gasteiger partial charge in [0, 0.05) is 19.6 Å². The summed E-state index contributed by atoms with van der Waals surface area (Å²) >= 11 is 0. The monoisotopic (exact) mass is 370 g/mol. The second-order valence-electron chi connectivity index (χ2n) is 8.19. The molecule has 1 saturated heterocycles. The summed E-state index contributed by atoms with van der Waals surface area (Å²) in [6.07, 6.45) is 6.49. The molecule has 2 N–H and O–H groups in total. The number of carbonyl (C=O) groups excluding carboxylic acids is 2. The van der Waals surface area contributed by atoms with Gasteiger partial charge in [-0.1, -0.05) is 12.1 Å². The minimum Gasteiger partial charge on any atom is -0.361 e. The summed E-state index contributed by atoms with van der Waals surface area (Å²) in [4.78, 5) is 29.3. The number of hydrogen-bond acceptors (Lipinski definition) is 4. The first-order chi connectivity index (χ1) is 13.1. The molecule has 6 nitrogen and oxygen atoms in total. The standard InChI is InChI=1S/C21H30N4O2/c1-24-18-5-3-2-4-17(18)23-21(27)19(24)14-20(26)22-11-8-15-9-12-25(13-10-15)16-6-7-16/h2-5,15-16,19H,6-14H2,1H3,(H,22,26)(H,23,27). The molecule has 0 spiro atoms. The third-order valence-electron chi connectivity index (χ3n) is 6.28. The Morgan fingerprint density at radius 2 is 1.93 bits per heavy atom. The van der Waals surface area contributed by atoms with Gasteiger partial charge >= 0.3 is 0 Å². The van der Waals surface area contributed by atoms with Gasteiger partial charge in [-0.15, -0.1) is 0 Å². The zero-order valence-corrected chi connectivity index (χ0v) is 16.1. The average molecular weight is 370 g/mol. The third kappa shape index (κ3) is 4.26. The van der Waals surface area contributed by atoms with Crippen LogP contribution in [0.1, 0.15) is 38.5 Å². The molecule has 3 aliphatic rings. The fourth-order valence-corrected chi connectivity index (χ4v) is 4.39. The number of para-hydroxylation sites is 2. The van der Waals surface area contributed by atoms with Crippen LogP contribution in [0.15, 0.2) is 24.3 Å². The van der Waals surface area contributed by atoms with Crippen LogP contribution in [0, 0.1) is 5.92 Å². The van der Waals surface area contributed by atoms with Crippen LogP contribution >= 0.6 is 0 Å². The fraction of sp³-hybridized carbons (Fsp3) is 0.619. The zero-order valence-electron chi connectivity index (χ0n) is 16.1. The molecule has 1 unspecified atom stereocenters. The maximum absolute atomic E-state index is 12.4.